The third-order valence-corrected chi connectivity index (χ3v) is 4.64. The number of amides is 3. The molecule has 1 saturated heterocycles. The van der Waals surface area contributed by atoms with Crippen LogP contribution in [0.15, 0.2) is 42.6 Å². The Bertz CT molecular complexity index is 950. The van der Waals surface area contributed by atoms with Crippen molar-refractivity contribution < 1.29 is 9.59 Å². The fraction of sp³-hybridized carbons (Fsp3) is 0.238. The van der Waals surface area contributed by atoms with E-state index in [1.165, 1.54) is 17.2 Å². The van der Waals surface area contributed by atoms with Crippen LogP contribution in [0, 0.1) is 27.7 Å². The molecule has 0 bridgehead atoms. The fourth-order valence-corrected chi connectivity index (χ4v) is 3.38. The van der Waals surface area contributed by atoms with Crippen LogP contribution in [0.1, 0.15) is 28.1 Å². The van der Waals surface area contributed by atoms with E-state index in [9.17, 15) is 9.59 Å². The minimum Gasteiger partial charge on any atom is -0.318 e. The van der Waals surface area contributed by atoms with Gasteiger partial charge in [-0.05, 0) is 57.0 Å². The number of carbonyl (C=O) groups excluding carboxylic acids is 2. The van der Waals surface area contributed by atoms with Gasteiger partial charge in [0.2, 0.25) is 0 Å². The maximum Gasteiger partial charge on any atom is 0.329 e. The van der Waals surface area contributed by atoms with Crippen LogP contribution in [-0.4, -0.2) is 28.0 Å². The Morgan fingerprint density at radius 3 is 2.50 bits per heavy atom. The number of aryl methyl sites for hydroxylation is 3. The molecule has 3 amide bonds. The summed E-state index contributed by atoms with van der Waals surface area (Å²) in [5, 5.41) is 2.64. The Balaban J connectivity index is 2.03. The number of hydrogen-bond acceptors (Lipinski definition) is 2. The highest BCUT2D eigenvalue weighted by Gasteiger charge is 2.32. The Morgan fingerprint density at radius 1 is 1.12 bits per heavy atom. The minimum atomic E-state index is -0.413. The molecule has 1 aliphatic heterocycles. The van der Waals surface area contributed by atoms with E-state index in [0.29, 0.717) is 0 Å². The number of hydrogen-bond donors (Lipinski definition) is 1. The smallest absolute Gasteiger partial charge is 0.318 e. The van der Waals surface area contributed by atoms with Gasteiger partial charge in [0.25, 0.3) is 5.91 Å². The normalized spacial score (nSPS) is 15.7. The van der Waals surface area contributed by atoms with Crippen LogP contribution < -0.4 is 5.32 Å². The van der Waals surface area contributed by atoms with Crippen molar-refractivity contribution >= 4 is 18.0 Å². The van der Waals surface area contributed by atoms with E-state index in [-0.39, 0.29) is 18.1 Å². The van der Waals surface area contributed by atoms with Crippen molar-refractivity contribution in [1.29, 1.82) is 0 Å². The molecule has 0 radical (unpaired) electrons. The molecule has 5 heteroatoms. The zero-order valence-electron chi connectivity index (χ0n) is 15.6. The summed E-state index contributed by atoms with van der Waals surface area (Å²) >= 11 is 0. The summed E-state index contributed by atoms with van der Waals surface area (Å²) in [5.41, 5.74) is 6.81. The van der Waals surface area contributed by atoms with Crippen molar-refractivity contribution in [1.82, 2.24) is 14.8 Å². The predicted molar refractivity (Wildman–Crippen MR) is 103 cm³/mol. The zero-order valence-corrected chi connectivity index (χ0v) is 15.6. The third-order valence-electron chi connectivity index (χ3n) is 4.64. The molecule has 1 N–H and O–H groups in total. The van der Waals surface area contributed by atoms with Gasteiger partial charge in [-0.25, -0.2) is 4.79 Å². The number of benzene rings is 1. The molecular formula is C21H23N3O2. The van der Waals surface area contributed by atoms with E-state index in [1.807, 2.05) is 19.9 Å². The molecule has 2 aromatic rings. The Kier molecular flexibility index (Phi) is 4.55. The first-order chi connectivity index (χ1) is 12.3. The van der Waals surface area contributed by atoms with Crippen molar-refractivity contribution in [2.75, 3.05) is 6.54 Å². The first-order valence-corrected chi connectivity index (χ1v) is 8.55. The van der Waals surface area contributed by atoms with E-state index in [2.05, 4.69) is 48.5 Å². The first-order valence-electron chi connectivity index (χ1n) is 8.55. The topological polar surface area (TPSA) is 54.3 Å². The van der Waals surface area contributed by atoms with Crippen molar-refractivity contribution in [3.63, 3.8) is 0 Å². The van der Waals surface area contributed by atoms with Crippen molar-refractivity contribution in [3.8, 4) is 5.69 Å². The number of carbonyl (C=O) groups is 2. The lowest BCUT2D eigenvalue weighted by molar-refractivity contribution is -0.122. The van der Waals surface area contributed by atoms with E-state index in [0.717, 1.165) is 27.5 Å². The summed E-state index contributed by atoms with van der Waals surface area (Å²) in [6, 6.07) is 7.96. The fourth-order valence-electron chi connectivity index (χ4n) is 3.38. The second-order valence-corrected chi connectivity index (χ2v) is 6.64. The van der Waals surface area contributed by atoms with Crippen LogP contribution in [0.4, 0.5) is 4.79 Å². The Labute approximate surface area is 153 Å². The summed E-state index contributed by atoms with van der Waals surface area (Å²) in [6.45, 7) is 12.0. The molecule has 1 aliphatic rings. The molecule has 0 aliphatic carbocycles. The van der Waals surface area contributed by atoms with Gasteiger partial charge in [0.1, 0.15) is 5.70 Å². The van der Waals surface area contributed by atoms with Gasteiger partial charge in [-0.15, -0.1) is 6.58 Å². The van der Waals surface area contributed by atoms with Crippen molar-refractivity contribution in [2.45, 2.75) is 27.7 Å². The Morgan fingerprint density at radius 2 is 1.85 bits per heavy atom. The first kappa shape index (κ1) is 17.7. The second kappa shape index (κ2) is 6.67. The number of rotatable bonds is 4. The molecule has 0 unspecified atom stereocenters. The summed E-state index contributed by atoms with van der Waals surface area (Å²) in [6.07, 6.45) is 3.28. The number of aromatic nitrogens is 1. The molecule has 0 saturated carbocycles. The SMILES string of the molecule is C=CCN1C(=O)N/C(=C/c2cc(C)n(-c3ccc(C)cc3C)c2C)C1=O. The third kappa shape index (κ3) is 2.96. The maximum absolute atomic E-state index is 12.4. The molecule has 26 heavy (non-hydrogen) atoms. The van der Waals surface area contributed by atoms with Crippen LogP contribution in [-0.2, 0) is 4.79 Å². The van der Waals surface area contributed by atoms with Crippen LogP contribution in [0.5, 0.6) is 0 Å². The molecule has 0 atom stereocenters. The molecular weight excluding hydrogens is 326 g/mol. The lowest BCUT2D eigenvalue weighted by Crippen LogP contribution is -2.30. The summed E-state index contributed by atoms with van der Waals surface area (Å²) < 4.78 is 2.17. The average Bonchev–Trinajstić information content (AvgIpc) is 2.99. The van der Waals surface area contributed by atoms with Crippen molar-refractivity contribution in [3.05, 3.63) is 70.7 Å². The van der Waals surface area contributed by atoms with Crippen LogP contribution in [0.3, 0.4) is 0 Å². The average molecular weight is 349 g/mol. The molecule has 1 aromatic carbocycles. The quantitative estimate of drug-likeness (QED) is 0.519. The molecule has 5 nitrogen and oxygen atoms in total. The molecule has 0 spiro atoms. The van der Waals surface area contributed by atoms with E-state index in [1.54, 1.807) is 6.08 Å². The Hall–Kier alpha value is -3.08. The summed E-state index contributed by atoms with van der Waals surface area (Å²) in [4.78, 5) is 25.5. The zero-order chi connectivity index (χ0) is 19.0. The van der Waals surface area contributed by atoms with Gasteiger partial charge in [-0.1, -0.05) is 23.8 Å². The maximum atomic E-state index is 12.4. The molecule has 3 rings (SSSR count). The molecule has 2 heterocycles. The highest BCUT2D eigenvalue weighted by molar-refractivity contribution is 6.14. The molecule has 1 aromatic heterocycles. The standard InChI is InChI=1S/C21H23N3O2/c1-6-9-23-20(25)18(22-21(23)26)12-17-11-15(4)24(16(17)5)19-8-7-13(2)10-14(19)3/h6-8,10-12H,1,9H2,2-5H3,(H,22,26)/b18-12+. The highest BCUT2D eigenvalue weighted by Crippen LogP contribution is 2.26. The van der Waals surface area contributed by atoms with Crippen LogP contribution in [0.2, 0.25) is 0 Å². The summed E-state index contributed by atoms with van der Waals surface area (Å²) in [5.74, 6) is -0.328. The van der Waals surface area contributed by atoms with Gasteiger partial charge >= 0.3 is 6.03 Å². The van der Waals surface area contributed by atoms with Gasteiger partial charge in [-0.2, -0.15) is 0 Å². The van der Waals surface area contributed by atoms with Gasteiger partial charge in [0.05, 0.1) is 0 Å². The number of nitrogens with one attached hydrogen (secondary N) is 1. The predicted octanol–water partition coefficient (Wildman–Crippen LogP) is 3.79. The number of imide groups is 1. The summed E-state index contributed by atoms with van der Waals surface area (Å²) in [7, 11) is 0. The van der Waals surface area contributed by atoms with E-state index in [4.69, 9.17) is 0 Å². The lowest BCUT2D eigenvalue weighted by Gasteiger charge is -2.13. The van der Waals surface area contributed by atoms with Gasteiger partial charge in [0, 0.05) is 23.6 Å². The van der Waals surface area contributed by atoms with Gasteiger partial charge in [-0.3, -0.25) is 9.69 Å². The highest BCUT2D eigenvalue weighted by atomic mass is 16.2. The largest absolute Gasteiger partial charge is 0.329 e. The van der Waals surface area contributed by atoms with Gasteiger partial charge < -0.3 is 9.88 Å². The number of urea groups is 1. The minimum absolute atomic E-state index is 0.198. The number of nitrogens with zero attached hydrogens (tertiary/aromatic N) is 2. The monoisotopic (exact) mass is 349 g/mol. The molecule has 1 fully saturated rings. The van der Waals surface area contributed by atoms with Crippen molar-refractivity contribution in [2.24, 2.45) is 0 Å². The molecule has 134 valence electrons. The van der Waals surface area contributed by atoms with Crippen LogP contribution in [0.25, 0.3) is 11.8 Å². The van der Waals surface area contributed by atoms with Crippen LogP contribution >= 0.6 is 0 Å². The van der Waals surface area contributed by atoms with E-state index < -0.39 is 6.03 Å². The van der Waals surface area contributed by atoms with E-state index >= 15 is 0 Å². The lowest BCUT2D eigenvalue weighted by atomic mass is 10.1. The second-order valence-electron chi connectivity index (χ2n) is 6.64. The van der Waals surface area contributed by atoms with Gasteiger partial charge in [0.15, 0.2) is 0 Å².